The molecule has 3 rings (SSSR count). The lowest BCUT2D eigenvalue weighted by atomic mass is 9.57. The highest BCUT2D eigenvalue weighted by molar-refractivity contribution is 6.34. The Morgan fingerprint density at radius 3 is 2.60 bits per heavy atom. The van der Waals surface area contributed by atoms with E-state index in [4.69, 9.17) is 27.9 Å². The van der Waals surface area contributed by atoms with Gasteiger partial charge >= 0.3 is 5.97 Å². The second kappa shape index (κ2) is 9.60. The molecule has 4 nitrogen and oxygen atoms in total. The van der Waals surface area contributed by atoms with Crippen LogP contribution in [0.15, 0.2) is 29.8 Å². The number of carbonyl (C=O) groups is 1. The molecule has 1 aromatic rings. The molecule has 2 aliphatic rings. The third-order valence-corrected chi connectivity index (χ3v) is 7.48. The fourth-order valence-electron chi connectivity index (χ4n) is 5.31. The van der Waals surface area contributed by atoms with Crippen molar-refractivity contribution in [2.45, 2.75) is 65.2 Å². The molecule has 0 bridgehead atoms. The number of ether oxygens (including phenoxy) is 1. The van der Waals surface area contributed by atoms with Crippen molar-refractivity contribution in [3.05, 3.63) is 45.5 Å². The zero-order valence-electron chi connectivity index (χ0n) is 18.3. The second-order valence-corrected chi connectivity index (χ2v) is 10.1. The third kappa shape index (κ3) is 5.21. The molecule has 0 aliphatic heterocycles. The molecule has 0 saturated heterocycles. The van der Waals surface area contributed by atoms with Gasteiger partial charge in [0.25, 0.3) is 0 Å². The van der Waals surface area contributed by atoms with Crippen LogP contribution in [0.2, 0.25) is 10.0 Å². The molecular weight excluding hydrogens is 421 g/mol. The van der Waals surface area contributed by atoms with Crippen LogP contribution in [0.1, 0.15) is 52.5 Å². The summed E-state index contributed by atoms with van der Waals surface area (Å²) in [6.45, 7) is 9.35. The Bertz CT molecular complexity index is 791. The van der Waals surface area contributed by atoms with Gasteiger partial charge in [-0.25, -0.2) is 0 Å². The summed E-state index contributed by atoms with van der Waals surface area (Å²) in [6, 6.07) is 5.59. The van der Waals surface area contributed by atoms with Gasteiger partial charge < -0.3 is 15.2 Å². The zero-order chi connectivity index (χ0) is 22.1. The molecule has 1 fully saturated rings. The molecule has 30 heavy (non-hydrogen) atoms. The van der Waals surface area contributed by atoms with Crippen LogP contribution >= 0.6 is 23.2 Å². The van der Waals surface area contributed by atoms with Gasteiger partial charge in [0.1, 0.15) is 6.10 Å². The van der Waals surface area contributed by atoms with Crippen molar-refractivity contribution in [2.75, 3.05) is 6.54 Å². The predicted molar refractivity (Wildman–Crippen MR) is 122 cm³/mol. The monoisotopic (exact) mass is 453 g/mol. The molecule has 1 aromatic carbocycles. The van der Waals surface area contributed by atoms with E-state index in [1.54, 1.807) is 6.07 Å². The van der Waals surface area contributed by atoms with E-state index >= 15 is 0 Å². The Morgan fingerprint density at radius 2 is 1.97 bits per heavy atom. The third-order valence-electron chi connectivity index (χ3n) is 7.04. The minimum atomic E-state index is -0.836. The molecule has 0 aromatic heterocycles. The van der Waals surface area contributed by atoms with E-state index in [0.717, 1.165) is 30.5 Å². The van der Waals surface area contributed by atoms with Gasteiger partial charge in [-0.15, -0.1) is 0 Å². The molecular formula is C24H33Cl2NO3. The lowest BCUT2D eigenvalue weighted by Gasteiger charge is -2.53. The largest absolute Gasteiger partial charge is 0.458 e. The van der Waals surface area contributed by atoms with Crippen LogP contribution in [-0.2, 0) is 16.1 Å². The van der Waals surface area contributed by atoms with E-state index in [2.05, 4.69) is 25.2 Å². The zero-order valence-corrected chi connectivity index (χ0v) is 19.8. The van der Waals surface area contributed by atoms with Crippen molar-refractivity contribution in [3.8, 4) is 0 Å². The fourth-order valence-corrected chi connectivity index (χ4v) is 5.88. The van der Waals surface area contributed by atoms with Gasteiger partial charge in [0.2, 0.25) is 0 Å². The van der Waals surface area contributed by atoms with E-state index < -0.39 is 5.60 Å². The average molecular weight is 454 g/mol. The molecule has 0 heterocycles. The number of halogens is 2. The van der Waals surface area contributed by atoms with Gasteiger partial charge in [-0.05, 0) is 73.4 Å². The van der Waals surface area contributed by atoms with Crippen LogP contribution in [0.25, 0.3) is 0 Å². The van der Waals surface area contributed by atoms with Crippen molar-refractivity contribution < 1.29 is 14.6 Å². The Morgan fingerprint density at radius 1 is 1.30 bits per heavy atom. The molecule has 2 aliphatic carbocycles. The summed E-state index contributed by atoms with van der Waals surface area (Å²) in [6.07, 6.45) is 4.39. The number of carbonyl (C=O) groups excluding carboxylic acids is 1. The molecule has 1 saturated carbocycles. The van der Waals surface area contributed by atoms with E-state index in [-0.39, 0.29) is 23.9 Å². The Balaban J connectivity index is 1.69. The number of rotatable bonds is 6. The maximum Gasteiger partial charge on any atom is 0.303 e. The van der Waals surface area contributed by atoms with Gasteiger partial charge in [0.15, 0.2) is 0 Å². The quantitative estimate of drug-likeness (QED) is 0.447. The minimum Gasteiger partial charge on any atom is -0.458 e. The normalized spacial score (nSPS) is 32.2. The highest BCUT2D eigenvalue weighted by Gasteiger charge is 2.52. The van der Waals surface area contributed by atoms with Gasteiger partial charge in [-0.3, -0.25) is 4.79 Å². The maximum absolute atomic E-state index is 11.7. The van der Waals surface area contributed by atoms with Crippen LogP contribution in [0.5, 0.6) is 0 Å². The molecule has 6 atom stereocenters. The van der Waals surface area contributed by atoms with Crippen LogP contribution < -0.4 is 5.32 Å². The first kappa shape index (κ1) is 23.6. The van der Waals surface area contributed by atoms with Gasteiger partial charge in [0, 0.05) is 35.9 Å². The summed E-state index contributed by atoms with van der Waals surface area (Å²) in [7, 11) is 0. The Kier molecular flexibility index (Phi) is 7.55. The van der Waals surface area contributed by atoms with Crippen molar-refractivity contribution >= 4 is 29.2 Å². The molecule has 6 heteroatoms. The number of esters is 1. The maximum atomic E-state index is 11.7. The predicted octanol–water partition coefficient (Wildman–Crippen LogP) is 5.39. The number of hydrogen-bond donors (Lipinski definition) is 2. The summed E-state index contributed by atoms with van der Waals surface area (Å²) < 4.78 is 5.49. The summed E-state index contributed by atoms with van der Waals surface area (Å²) in [5.41, 5.74) is 1.27. The standard InChI is InChI=1S/C24H33Cl2NO3/c1-14-7-22-21(6-5-16(3)24(22,29)11-23(14)30-17(4)28)15(2)12-27-13-18-8-19(25)10-20(26)9-18/h7-10,15-16,21-23,27,29H,5-6,11-13H2,1-4H3/t15-,16-,21+,22-,23-,24-/m1/s1. The molecule has 0 unspecified atom stereocenters. The Labute approximate surface area is 190 Å². The minimum absolute atomic E-state index is 0.0745. The van der Waals surface area contributed by atoms with E-state index in [0.29, 0.717) is 34.8 Å². The van der Waals surface area contributed by atoms with E-state index in [1.165, 1.54) is 6.92 Å². The van der Waals surface area contributed by atoms with Crippen molar-refractivity contribution in [2.24, 2.45) is 23.7 Å². The van der Waals surface area contributed by atoms with Crippen LogP contribution in [-0.4, -0.2) is 29.3 Å². The van der Waals surface area contributed by atoms with Gasteiger partial charge in [-0.2, -0.15) is 0 Å². The number of hydrogen-bond acceptors (Lipinski definition) is 4. The molecule has 0 spiro atoms. The first-order chi connectivity index (χ1) is 14.1. The number of nitrogens with one attached hydrogen (secondary N) is 1. The molecule has 0 radical (unpaired) electrons. The fraction of sp³-hybridized carbons (Fsp3) is 0.625. The number of benzene rings is 1. The van der Waals surface area contributed by atoms with Crippen molar-refractivity contribution in [1.29, 1.82) is 0 Å². The lowest BCUT2D eigenvalue weighted by Crippen LogP contribution is -2.56. The van der Waals surface area contributed by atoms with E-state index in [9.17, 15) is 9.90 Å². The van der Waals surface area contributed by atoms with E-state index in [1.807, 2.05) is 19.1 Å². The number of aliphatic hydroxyl groups is 1. The smallest absolute Gasteiger partial charge is 0.303 e. The Hall–Kier alpha value is -1.07. The summed E-state index contributed by atoms with van der Waals surface area (Å²) in [4.78, 5) is 11.5. The molecule has 0 amide bonds. The first-order valence-corrected chi connectivity index (χ1v) is 11.6. The highest BCUT2D eigenvalue weighted by Crippen LogP contribution is 2.51. The lowest BCUT2D eigenvalue weighted by molar-refractivity contribution is -0.159. The number of fused-ring (bicyclic) bond motifs is 1. The topological polar surface area (TPSA) is 58.6 Å². The van der Waals surface area contributed by atoms with Crippen LogP contribution in [0.3, 0.4) is 0 Å². The molecule has 2 N–H and O–H groups in total. The van der Waals surface area contributed by atoms with Gasteiger partial charge in [-0.1, -0.05) is 43.1 Å². The summed E-state index contributed by atoms with van der Waals surface area (Å²) in [5.74, 6) is 0.710. The van der Waals surface area contributed by atoms with Gasteiger partial charge in [0.05, 0.1) is 5.60 Å². The first-order valence-electron chi connectivity index (χ1n) is 10.8. The van der Waals surface area contributed by atoms with Crippen molar-refractivity contribution in [3.63, 3.8) is 0 Å². The average Bonchev–Trinajstić information content (AvgIpc) is 2.63. The van der Waals surface area contributed by atoms with Crippen LogP contribution in [0.4, 0.5) is 0 Å². The summed E-state index contributed by atoms with van der Waals surface area (Å²) in [5, 5.41) is 16.5. The summed E-state index contributed by atoms with van der Waals surface area (Å²) >= 11 is 12.2. The highest BCUT2D eigenvalue weighted by atomic mass is 35.5. The van der Waals surface area contributed by atoms with Crippen LogP contribution in [0, 0.1) is 23.7 Å². The second-order valence-electron chi connectivity index (χ2n) is 9.26. The van der Waals surface area contributed by atoms with Crippen molar-refractivity contribution in [1.82, 2.24) is 5.32 Å². The SMILES string of the molecule is CC(=O)O[C@@H]1C[C@@]2(O)[C@H](C)CC[C@@H]([C@H](C)CNCc3cc(Cl)cc(Cl)c3)[C@H]2C=C1C. The molecule has 166 valence electrons.